The van der Waals surface area contributed by atoms with E-state index in [4.69, 9.17) is 5.73 Å². The van der Waals surface area contributed by atoms with Crippen molar-refractivity contribution >= 4 is 21.8 Å². The molecule has 122 valence electrons. The van der Waals surface area contributed by atoms with Gasteiger partial charge in [-0.2, -0.15) is 0 Å². The van der Waals surface area contributed by atoms with E-state index < -0.39 is 23.1 Å². The number of hydrogen-bond donors (Lipinski definition) is 2. The van der Waals surface area contributed by atoms with Gasteiger partial charge in [0, 0.05) is 9.89 Å². The largest absolute Gasteiger partial charge is 0.395 e. The second kappa shape index (κ2) is 7.23. The highest BCUT2D eigenvalue weighted by atomic mass is 79.9. The Bertz CT molecular complexity index is 693. The van der Waals surface area contributed by atoms with Crippen LogP contribution in [0.4, 0.5) is 4.39 Å². The summed E-state index contributed by atoms with van der Waals surface area (Å²) in [5.74, 6) is -1.77. The highest BCUT2D eigenvalue weighted by molar-refractivity contribution is 9.10. The molecule has 0 saturated heterocycles. The minimum absolute atomic E-state index is 0.272. The molecule has 5 heteroatoms. The van der Waals surface area contributed by atoms with Gasteiger partial charge in [-0.15, -0.1) is 0 Å². The smallest absolute Gasteiger partial charge is 0.221 e. The van der Waals surface area contributed by atoms with Crippen molar-refractivity contribution in [1.82, 2.24) is 0 Å². The third-order valence-corrected chi connectivity index (χ3v) is 4.76. The number of aliphatic hydroxyl groups is 1. The predicted octanol–water partition coefficient (Wildman–Crippen LogP) is 3.18. The Hall–Kier alpha value is -1.72. The Balaban J connectivity index is 2.48. The molecule has 2 aromatic rings. The lowest BCUT2D eigenvalue weighted by molar-refractivity contribution is -0.124. The van der Waals surface area contributed by atoms with Gasteiger partial charge < -0.3 is 10.8 Å². The summed E-state index contributed by atoms with van der Waals surface area (Å²) in [4.78, 5) is 12.1. The van der Waals surface area contributed by atoms with Crippen LogP contribution in [-0.4, -0.2) is 17.6 Å². The van der Waals surface area contributed by atoms with Gasteiger partial charge in [-0.3, -0.25) is 4.79 Å². The summed E-state index contributed by atoms with van der Waals surface area (Å²) in [6.07, 6.45) is 0.333. The number of primary amides is 1. The van der Waals surface area contributed by atoms with E-state index in [9.17, 15) is 14.3 Å². The molecule has 0 bridgehead atoms. The van der Waals surface area contributed by atoms with Crippen molar-refractivity contribution in [3.63, 3.8) is 0 Å². The summed E-state index contributed by atoms with van der Waals surface area (Å²) < 4.78 is 15.0. The molecule has 0 aromatic heterocycles. The Kier molecular flexibility index (Phi) is 5.55. The Labute approximate surface area is 143 Å². The molecule has 0 aliphatic heterocycles. The van der Waals surface area contributed by atoms with Crippen molar-refractivity contribution < 1.29 is 14.3 Å². The van der Waals surface area contributed by atoms with Crippen molar-refractivity contribution in [2.45, 2.75) is 18.8 Å². The van der Waals surface area contributed by atoms with Crippen molar-refractivity contribution in [2.75, 3.05) is 6.61 Å². The van der Waals surface area contributed by atoms with Crippen LogP contribution in [0.15, 0.2) is 53.0 Å². The van der Waals surface area contributed by atoms with E-state index in [1.165, 1.54) is 6.07 Å². The summed E-state index contributed by atoms with van der Waals surface area (Å²) in [5, 5.41) is 9.96. The molecule has 2 unspecified atom stereocenters. The van der Waals surface area contributed by atoms with E-state index in [0.717, 1.165) is 5.56 Å². The minimum atomic E-state index is -1.12. The van der Waals surface area contributed by atoms with Crippen molar-refractivity contribution in [1.29, 1.82) is 0 Å². The molecule has 3 N–H and O–H groups in total. The average Bonchev–Trinajstić information content (AvgIpc) is 2.55. The molecule has 23 heavy (non-hydrogen) atoms. The van der Waals surface area contributed by atoms with Crippen LogP contribution in [0.1, 0.15) is 18.1 Å². The molecular formula is C18H19BrFNO2. The molecule has 3 nitrogen and oxygen atoms in total. The normalized spacial score (nSPS) is 15.0. The molecule has 0 aliphatic rings. The fourth-order valence-corrected chi connectivity index (χ4v) is 3.17. The third-order valence-electron chi connectivity index (χ3n) is 4.27. The summed E-state index contributed by atoms with van der Waals surface area (Å²) in [6, 6.07) is 13.8. The van der Waals surface area contributed by atoms with Crippen LogP contribution in [0.3, 0.4) is 0 Å². The highest BCUT2D eigenvalue weighted by Crippen LogP contribution is 2.37. The minimum Gasteiger partial charge on any atom is -0.395 e. The van der Waals surface area contributed by atoms with E-state index in [2.05, 4.69) is 15.9 Å². The van der Waals surface area contributed by atoms with Crippen LogP contribution in [0.2, 0.25) is 0 Å². The predicted molar refractivity (Wildman–Crippen MR) is 91.4 cm³/mol. The number of aliphatic hydroxyl groups excluding tert-OH is 1. The standard InChI is InChI=1S/C18H19BrFNO2/c1-18(11-22,14-10-13(19)7-8-16(14)20)15(17(21)23)9-12-5-3-2-4-6-12/h2-8,10,15,22H,9,11H2,1H3,(H2,21,23). The molecule has 2 rings (SSSR count). The molecule has 0 fully saturated rings. The maximum Gasteiger partial charge on any atom is 0.221 e. The van der Waals surface area contributed by atoms with Gasteiger partial charge in [-0.05, 0) is 35.7 Å². The van der Waals surface area contributed by atoms with Gasteiger partial charge in [0.2, 0.25) is 5.91 Å². The number of carbonyl (C=O) groups is 1. The molecule has 2 atom stereocenters. The lowest BCUT2D eigenvalue weighted by atomic mass is 9.69. The van der Waals surface area contributed by atoms with Crippen LogP contribution in [-0.2, 0) is 16.6 Å². The fraction of sp³-hybridized carbons (Fsp3) is 0.278. The van der Waals surface area contributed by atoms with Crippen LogP contribution in [0.25, 0.3) is 0 Å². The first-order chi connectivity index (χ1) is 10.9. The zero-order valence-electron chi connectivity index (χ0n) is 12.8. The molecule has 1 amide bonds. The molecular weight excluding hydrogens is 361 g/mol. The average molecular weight is 380 g/mol. The lowest BCUT2D eigenvalue weighted by Crippen LogP contribution is -2.45. The number of benzene rings is 2. The monoisotopic (exact) mass is 379 g/mol. The fourth-order valence-electron chi connectivity index (χ4n) is 2.81. The number of rotatable bonds is 6. The highest BCUT2D eigenvalue weighted by Gasteiger charge is 2.41. The lowest BCUT2D eigenvalue weighted by Gasteiger charge is -2.35. The van der Waals surface area contributed by atoms with Gasteiger partial charge in [0.1, 0.15) is 5.82 Å². The Morgan fingerprint density at radius 3 is 2.52 bits per heavy atom. The third kappa shape index (κ3) is 3.79. The quantitative estimate of drug-likeness (QED) is 0.809. The van der Waals surface area contributed by atoms with E-state index in [1.807, 2.05) is 30.3 Å². The Morgan fingerprint density at radius 2 is 1.96 bits per heavy atom. The topological polar surface area (TPSA) is 63.3 Å². The zero-order chi connectivity index (χ0) is 17.0. The van der Waals surface area contributed by atoms with E-state index in [1.54, 1.807) is 19.1 Å². The second-order valence-corrected chi connectivity index (χ2v) is 6.76. The van der Waals surface area contributed by atoms with Crippen LogP contribution in [0, 0.1) is 11.7 Å². The van der Waals surface area contributed by atoms with Gasteiger partial charge >= 0.3 is 0 Å². The van der Waals surface area contributed by atoms with Gasteiger partial charge in [0.05, 0.1) is 12.5 Å². The molecule has 0 radical (unpaired) electrons. The second-order valence-electron chi connectivity index (χ2n) is 5.84. The number of halogens is 2. The molecule has 0 heterocycles. The Morgan fingerprint density at radius 1 is 1.30 bits per heavy atom. The first-order valence-corrected chi connectivity index (χ1v) is 8.07. The van der Waals surface area contributed by atoms with Crippen molar-refractivity contribution in [3.8, 4) is 0 Å². The van der Waals surface area contributed by atoms with E-state index in [-0.39, 0.29) is 12.2 Å². The SMILES string of the molecule is CC(CO)(c1cc(Br)ccc1F)C(Cc1ccccc1)C(N)=O. The first kappa shape index (κ1) is 17.6. The summed E-state index contributed by atoms with van der Waals surface area (Å²) >= 11 is 3.31. The summed E-state index contributed by atoms with van der Waals surface area (Å²) in [5.41, 5.74) is 5.65. The first-order valence-electron chi connectivity index (χ1n) is 7.28. The number of amides is 1. The van der Waals surface area contributed by atoms with E-state index in [0.29, 0.717) is 10.9 Å². The van der Waals surface area contributed by atoms with Crippen LogP contribution < -0.4 is 5.73 Å². The van der Waals surface area contributed by atoms with Crippen LogP contribution >= 0.6 is 15.9 Å². The number of nitrogens with two attached hydrogens (primary N) is 1. The van der Waals surface area contributed by atoms with Crippen LogP contribution in [0.5, 0.6) is 0 Å². The van der Waals surface area contributed by atoms with Gasteiger partial charge in [-0.25, -0.2) is 4.39 Å². The number of carbonyl (C=O) groups excluding carboxylic acids is 1. The molecule has 0 saturated carbocycles. The van der Waals surface area contributed by atoms with Gasteiger partial charge in [0.15, 0.2) is 0 Å². The van der Waals surface area contributed by atoms with E-state index >= 15 is 0 Å². The summed E-state index contributed by atoms with van der Waals surface area (Å²) in [7, 11) is 0. The summed E-state index contributed by atoms with van der Waals surface area (Å²) in [6.45, 7) is 1.27. The maximum atomic E-state index is 14.3. The molecule has 0 spiro atoms. The number of hydrogen-bond acceptors (Lipinski definition) is 2. The van der Waals surface area contributed by atoms with Gasteiger partial charge in [-0.1, -0.05) is 53.2 Å². The van der Waals surface area contributed by atoms with Gasteiger partial charge in [0.25, 0.3) is 0 Å². The maximum absolute atomic E-state index is 14.3. The molecule has 2 aromatic carbocycles. The van der Waals surface area contributed by atoms with Crippen molar-refractivity contribution in [3.05, 3.63) is 69.9 Å². The molecule has 0 aliphatic carbocycles. The zero-order valence-corrected chi connectivity index (χ0v) is 14.4. The van der Waals surface area contributed by atoms with Crippen molar-refractivity contribution in [2.24, 2.45) is 11.7 Å².